The Labute approximate surface area is 256 Å². The third-order valence-electron chi connectivity index (χ3n) is 7.23. The highest BCUT2D eigenvalue weighted by molar-refractivity contribution is 7.85. The SMILES string of the molecule is CC[C@H](C)[C@H](N)C(=O)NS(=O)(=O)OC[C@H]1O[C@@H](CCn2nnc(-c3ccc(Oc4ccc(C(F)(F)F)cc4)cc3)n2)[C@H](O)[C@@H]1O. The molecule has 2 heterocycles. The maximum absolute atomic E-state index is 12.7. The number of aromatic nitrogens is 4. The van der Waals surface area contributed by atoms with E-state index in [4.69, 9.17) is 19.4 Å². The Morgan fingerprint density at radius 2 is 1.69 bits per heavy atom. The van der Waals surface area contributed by atoms with Crippen LogP contribution in [0.2, 0.25) is 0 Å². The number of nitrogens with zero attached hydrogens (tertiary/aromatic N) is 4. The Kier molecular flexibility index (Phi) is 10.8. The molecule has 0 bridgehead atoms. The number of ether oxygens (including phenoxy) is 2. The molecule has 18 heteroatoms. The molecular formula is C27H33F3N6O8S. The van der Waals surface area contributed by atoms with Crippen LogP contribution in [0.3, 0.4) is 0 Å². The lowest BCUT2D eigenvalue weighted by atomic mass is 10.00. The number of hydrogen-bond acceptors (Lipinski definition) is 12. The van der Waals surface area contributed by atoms with E-state index in [0.29, 0.717) is 17.7 Å². The van der Waals surface area contributed by atoms with Crippen molar-refractivity contribution in [3.63, 3.8) is 0 Å². The van der Waals surface area contributed by atoms with E-state index < -0.39 is 65.0 Å². The van der Waals surface area contributed by atoms with E-state index in [-0.39, 0.29) is 30.5 Å². The summed E-state index contributed by atoms with van der Waals surface area (Å²) in [6.07, 6.45) is -8.72. The summed E-state index contributed by atoms with van der Waals surface area (Å²) in [6.45, 7) is 2.95. The number of tetrazole rings is 1. The number of carbonyl (C=O) groups is 1. The molecule has 45 heavy (non-hydrogen) atoms. The number of aliphatic hydroxyl groups is 2. The Morgan fingerprint density at radius 3 is 2.29 bits per heavy atom. The van der Waals surface area contributed by atoms with Gasteiger partial charge in [-0.25, -0.2) is 4.72 Å². The van der Waals surface area contributed by atoms with Crippen LogP contribution < -0.4 is 15.2 Å². The van der Waals surface area contributed by atoms with Gasteiger partial charge in [-0.2, -0.15) is 26.4 Å². The highest BCUT2D eigenvalue weighted by Crippen LogP contribution is 2.32. The maximum atomic E-state index is 12.7. The quantitative estimate of drug-likeness (QED) is 0.208. The first-order valence-electron chi connectivity index (χ1n) is 13.9. The smallest absolute Gasteiger partial charge is 0.416 e. The Morgan fingerprint density at radius 1 is 1.09 bits per heavy atom. The summed E-state index contributed by atoms with van der Waals surface area (Å²) in [5.41, 5.74) is 5.53. The van der Waals surface area contributed by atoms with Gasteiger partial charge in [0.15, 0.2) is 0 Å². The molecule has 0 saturated carbocycles. The Hall–Kier alpha value is -3.68. The summed E-state index contributed by atoms with van der Waals surface area (Å²) in [6, 6.07) is 9.68. The molecule has 4 rings (SSSR count). The fourth-order valence-corrected chi connectivity index (χ4v) is 5.06. The van der Waals surface area contributed by atoms with Gasteiger partial charge in [-0.3, -0.25) is 8.98 Å². The largest absolute Gasteiger partial charge is 0.457 e. The number of halogens is 3. The molecule has 3 aromatic rings. The number of aryl methyl sites for hydroxylation is 1. The number of nitrogens with two attached hydrogens (primary N) is 1. The molecule has 1 aliphatic heterocycles. The van der Waals surface area contributed by atoms with Crippen molar-refractivity contribution < 1.29 is 50.3 Å². The lowest BCUT2D eigenvalue weighted by molar-refractivity contribution is -0.137. The van der Waals surface area contributed by atoms with Gasteiger partial charge in [-0.15, -0.1) is 10.2 Å². The second-order valence-electron chi connectivity index (χ2n) is 10.5. The molecular weight excluding hydrogens is 625 g/mol. The van der Waals surface area contributed by atoms with Gasteiger partial charge in [0.25, 0.3) is 5.91 Å². The van der Waals surface area contributed by atoms with Crippen molar-refractivity contribution >= 4 is 16.2 Å². The summed E-state index contributed by atoms with van der Waals surface area (Å²) < 4.78 is 80.3. The Balaban J connectivity index is 1.26. The number of carbonyl (C=O) groups excluding carboxylic acids is 1. The molecule has 0 spiro atoms. The summed E-state index contributed by atoms with van der Waals surface area (Å²) in [5.74, 6) is -0.339. The van der Waals surface area contributed by atoms with Crippen LogP contribution >= 0.6 is 0 Å². The summed E-state index contributed by atoms with van der Waals surface area (Å²) >= 11 is 0. The first kappa shape index (κ1) is 34.2. The predicted molar refractivity (Wildman–Crippen MR) is 151 cm³/mol. The molecule has 6 atom stereocenters. The van der Waals surface area contributed by atoms with Crippen LogP contribution in [0.1, 0.15) is 32.3 Å². The zero-order valence-electron chi connectivity index (χ0n) is 24.2. The molecule has 14 nitrogen and oxygen atoms in total. The first-order chi connectivity index (χ1) is 21.2. The zero-order valence-corrected chi connectivity index (χ0v) is 25.0. The number of alkyl halides is 3. The van der Waals surface area contributed by atoms with Crippen LogP contribution in [0.15, 0.2) is 48.5 Å². The van der Waals surface area contributed by atoms with Crippen LogP contribution in [-0.4, -0.2) is 81.8 Å². The van der Waals surface area contributed by atoms with Gasteiger partial charge in [0.2, 0.25) is 5.82 Å². The van der Waals surface area contributed by atoms with E-state index in [1.165, 1.54) is 16.9 Å². The zero-order chi connectivity index (χ0) is 32.9. The lowest BCUT2D eigenvalue weighted by Gasteiger charge is -2.18. The van der Waals surface area contributed by atoms with Crippen molar-refractivity contribution in [1.82, 2.24) is 24.9 Å². The van der Waals surface area contributed by atoms with Gasteiger partial charge in [0.1, 0.15) is 29.8 Å². The Bertz CT molecular complexity index is 1540. The fourth-order valence-electron chi connectivity index (χ4n) is 4.31. The average molecular weight is 659 g/mol. The second-order valence-corrected chi connectivity index (χ2v) is 11.8. The molecule has 0 unspecified atom stereocenters. The number of nitrogens with one attached hydrogen (secondary N) is 1. The van der Waals surface area contributed by atoms with Crippen molar-refractivity contribution in [2.75, 3.05) is 6.61 Å². The first-order valence-corrected chi connectivity index (χ1v) is 15.3. The van der Waals surface area contributed by atoms with Gasteiger partial charge in [-0.1, -0.05) is 20.3 Å². The van der Waals surface area contributed by atoms with Gasteiger partial charge in [0.05, 0.1) is 30.9 Å². The van der Waals surface area contributed by atoms with E-state index in [9.17, 15) is 36.6 Å². The third kappa shape index (κ3) is 8.95. The highest BCUT2D eigenvalue weighted by atomic mass is 32.2. The number of hydrogen-bond donors (Lipinski definition) is 4. The molecule has 1 fully saturated rings. The fraction of sp³-hybridized carbons (Fsp3) is 0.481. The second kappa shape index (κ2) is 14.2. The van der Waals surface area contributed by atoms with Crippen LogP contribution in [0, 0.1) is 5.92 Å². The van der Waals surface area contributed by atoms with Crippen LogP contribution in [-0.2, 0) is 36.7 Å². The van der Waals surface area contributed by atoms with Crippen LogP contribution in [0.4, 0.5) is 13.2 Å². The van der Waals surface area contributed by atoms with Crippen molar-refractivity contribution in [1.29, 1.82) is 0 Å². The van der Waals surface area contributed by atoms with Gasteiger partial charge < -0.3 is 25.4 Å². The maximum Gasteiger partial charge on any atom is 0.416 e. The molecule has 0 radical (unpaired) electrons. The molecule has 1 amide bonds. The average Bonchev–Trinajstić information content (AvgIpc) is 3.58. The van der Waals surface area contributed by atoms with Crippen molar-refractivity contribution in [2.45, 2.75) is 69.9 Å². The van der Waals surface area contributed by atoms with E-state index in [1.807, 2.05) is 0 Å². The highest BCUT2D eigenvalue weighted by Gasteiger charge is 2.43. The molecule has 2 aromatic carbocycles. The molecule has 0 aliphatic carbocycles. The lowest BCUT2D eigenvalue weighted by Crippen LogP contribution is -2.47. The van der Waals surface area contributed by atoms with Crippen LogP contribution in [0.5, 0.6) is 11.5 Å². The minimum absolute atomic E-state index is 0.117. The number of rotatable bonds is 13. The molecule has 1 aromatic heterocycles. The monoisotopic (exact) mass is 658 g/mol. The molecule has 1 saturated heterocycles. The number of aliphatic hydroxyl groups excluding tert-OH is 2. The number of benzene rings is 2. The predicted octanol–water partition coefficient (Wildman–Crippen LogP) is 1.78. The van der Waals surface area contributed by atoms with E-state index in [2.05, 4.69) is 15.4 Å². The minimum atomic E-state index is -4.55. The molecule has 246 valence electrons. The summed E-state index contributed by atoms with van der Waals surface area (Å²) in [5, 5.41) is 33.0. The van der Waals surface area contributed by atoms with Gasteiger partial charge in [-0.05, 0) is 66.1 Å². The van der Waals surface area contributed by atoms with Crippen LogP contribution in [0.25, 0.3) is 11.4 Å². The third-order valence-corrected chi connectivity index (χ3v) is 8.13. The van der Waals surface area contributed by atoms with E-state index >= 15 is 0 Å². The van der Waals surface area contributed by atoms with Crippen molar-refractivity contribution in [3.8, 4) is 22.9 Å². The standard InChI is InChI=1S/C27H33F3N6O8S/c1-3-15(2)22(31)26(39)34-45(40,41)42-14-21-24(38)23(37)20(44-21)12-13-36-33-25(32-35-36)16-4-8-18(9-5-16)43-19-10-6-17(7-11-19)27(28,29)30/h4-11,15,20-24,37-38H,3,12-14,31H2,1-2H3,(H,34,39)/t15-,20-,21+,22-,23-,24+/m0/s1. The van der Waals surface area contributed by atoms with Crippen molar-refractivity contribution in [3.05, 3.63) is 54.1 Å². The van der Waals surface area contributed by atoms with Gasteiger partial charge >= 0.3 is 16.5 Å². The summed E-state index contributed by atoms with van der Waals surface area (Å²) in [4.78, 5) is 13.3. The van der Waals surface area contributed by atoms with Gasteiger partial charge in [0, 0.05) is 5.56 Å². The molecule has 5 N–H and O–H groups in total. The minimum Gasteiger partial charge on any atom is -0.457 e. The van der Waals surface area contributed by atoms with E-state index in [1.54, 1.807) is 42.8 Å². The normalized spacial score (nSPS) is 21.8. The number of amides is 1. The van der Waals surface area contributed by atoms with E-state index in [0.717, 1.165) is 12.1 Å². The summed E-state index contributed by atoms with van der Waals surface area (Å²) in [7, 11) is -4.55. The molecule has 1 aliphatic rings. The van der Waals surface area contributed by atoms with Crippen molar-refractivity contribution in [2.24, 2.45) is 11.7 Å². The topological polar surface area (TPSA) is 201 Å².